The second kappa shape index (κ2) is 8.66. The van der Waals surface area contributed by atoms with Gasteiger partial charge in [0.25, 0.3) is 0 Å². The highest BCUT2D eigenvalue weighted by atomic mass is 16.5. The second-order valence-corrected chi connectivity index (χ2v) is 5.86. The van der Waals surface area contributed by atoms with Crippen LogP contribution in [-0.4, -0.2) is 31.3 Å². The molecule has 2 aromatic rings. The summed E-state index contributed by atoms with van der Waals surface area (Å²) >= 11 is 0. The van der Waals surface area contributed by atoms with Crippen LogP contribution in [0.3, 0.4) is 0 Å². The fourth-order valence-electron chi connectivity index (χ4n) is 2.76. The van der Waals surface area contributed by atoms with Crippen LogP contribution in [0.25, 0.3) is 0 Å². The zero-order valence-electron chi connectivity index (χ0n) is 14.0. The summed E-state index contributed by atoms with van der Waals surface area (Å²) in [7, 11) is 1.66. The van der Waals surface area contributed by atoms with E-state index in [-0.39, 0.29) is 0 Å². The lowest BCUT2D eigenvalue weighted by molar-refractivity contribution is 0.110. The number of benzene rings is 1. The van der Waals surface area contributed by atoms with Crippen molar-refractivity contribution < 1.29 is 14.2 Å². The number of nitrogens with one attached hydrogen (secondary N) is 1. The topological polar surface area (TPSA) is 52.6 Å². The van der Waals surface area contributed by atoms with Crippen molar-refractivity contribution in [3.05, 3.63) is 53.9 Å². The fourth-order valence-corrected chi connectivity index (χ4v) is 2.76. The first-order valence-electron chi connectivity index (χ1n) is 8.37. The first-order valence-corrected chi connectivity index (χ1v) is 8.37. The third-order valence-electron chi connectivity index (χ3n) is 4.05. The molecule has 1 aliphatic rings. The van der Waals surface area contributed by atoms with E-state index in [1.54, 1.807) is 13.3 Å². The Hall–Kier alpha value is -2.11. The molecular formula is C19H24N2O3. The van der Waals surface area contributed by atoms with Gasteiger partial charge in [-0.3, -0.25) is 4.98 Å². The molecule has 2 heterocycles. The Morgan fingerprint density at radius 1 is 1.25 bits per heavy atom. The molecule has 0 aliphatic carbocycles. The molecule has 1 atom stereocenters. The molecule has 0 spiro atoms. The molecule has 1 aromatic heterocycles. The summed E-state index contributed by atoms with van der Waals surface area (Å²) in [6.45, 7) is 2.99. The van der Waals surface area contributed by atoms with E-state index >= 15 is 0 Å². The predicted octanol–water partition coefficient (Wildman–Crippen LogP) is 2.94. The Balaban J connectivity index is 1.53. The maximum atomic E-state index is 5.83. The summed E-state index contributed by atoms with van der Waals surface area (Å²) in [5.74, 6) is 1.47. The van der Waals surface area contributed by atoms with Crippen molar-refractivity contribution >= 4 is 0 Å². The minimum atomic E-state index is 0.355. The fraction of sp³-hybridized carbons (Fsp3) is 0.421. The van der Waals surface area contributed by atoms with Crippen LogP contribution in [0.15, 0.2) is 42.6 Å². The van der Waals surface area contributed by atoms with Gasteiger partial charge in [-0.1, -0.05) is 12.1 Å². The van der Waals surface area contributed by atoms with Crippen molar-refractivity contribution in [3.8, 4) is 11.5 Å². The lowest BCUT2D eigenvalue weighted by Gasteiger charge is -2.14. The van der Waals surface area contributed by atoms with Crippen molar-refractivity contribution in [2.75, 3.05) is 20.3 Å². The highest BCUT2D eigenvalue weighted by Gasteiger charge is 2.14. The van der Waals surface area contributed by atoms with Crippen LogP contribution in [0.1, 0.15) is 24.1 Å². The van der Waals surface area contributed by atoms with Gasteiger partial charge in [0.15, 0.2) is 11.5 Å². The first kappa shape index (κ1) is 16.7. The number of ether oxygens (including phenoxy) is 3. The molecule has 0 unspecified atom stereocenters. The van der Waals surface area contributed by atoms with Crippen molar-refractivity contribution in [3.63, 3.8) is 0 Å². The molecule has 5 heteroatoms. The van der Waals surface area contributed by atoms with Gasteiger partial charge >= 0.3 is 0 Å². The van der Waals surface area contributed by atoms with Crippen LogP contribution in [-0.2, 0) is 17.9 Å². The molecule has 1 fully saturated rings. The molecule has 0 radical (unpaired) electrons. The van der Waals surface area contributed by atoms with E-state index < -0.39 is 0 Å². The van der Waals surface area contributed by atoms with Crippen LogP contribution in [0.4, 0.5) is 0 Å². The Bertz CT molecular complexity index is 628. The van der Waals surface area contributed by atoms with Crippen LogP contribution >= 0.6 is 0 Å². The number of rotatable bonds is 8. The van der Waals surface area contributed by atoms with Crippen molar-refractivity contribution in [1.29, 1.82) is 0 Å². The molecule has 1 aliphatic heterocycles. The monoisotopic (exact) mass is 328 g/mol. The first-order chi connectivity index (χ1) is 11.8. The largest absolute Gasteiger partial charge is 0.493 e. The van der Waals surface area contributed by atoms with Crippen LogP contribution in [0.2, 0.25) is 0 Å². The SMILES string of the molecule is COc1cc(CNC[C@H]2CCCO2)ccc1OCc1ccccn1. The molecule has 0 amide bonds. The van der Waals surface area contributed by atoms with Gasteiger partial charge in [0.1, 0.15) is 6.61 Å². The minimum absolute atomic E-state index is 0.355. The predicted molar refractivity (Wildman–Crippen MR) is 92.2 cm³/mol. The Labute approximate surface area is 143 Å². The smallest absolute Gasteiger partial charge is 0.161 e. The molecule has 5 nitrogen and oxygen atoms in total. The van der Waals surface area contributed by atoms with E-state index in [4.69, 9.17) is 14.2 Å². The molecule has 1 aromatic carbocycles. The molecule has 0 bridgehead atoms. The van der Waals surface area contributed by atoms with Gasteiger partial charge in [0.05, 0.1) is 18.9 Å². The third kappa shape index (κ3) is 4.69. The van der Waals surface area contributed by atoms with E-state index in [2.05, 4.69) is 16.4 Å². The highest BCUT2D eigenvalue weighted by Crippen LogP contribution is 2.28. The Morgan fingerprint density at radius 3 is 2.96 bits per heavy atom. The molecule has 1 N–H and O–H groups in total. The van der Waals surface area contributed by atoms with Crippen molar-refractivity contribution in [2.45, 2.75) is 32.1 Å². The van der Waals surface area contributed by atoms with Crippen LogP contribution in [0, 0.1) is 0 Å². The summed E-state index contributed by atoms with van der Waals surface area (Å²) in [6.07, 6.45) is 4.44. The second-order valence-electron chi connectivity index (χ2n) is 5.86. The summed E-state index contributed by atoms with van der Waals surface area (Å²) in [5, 5.41) is 3.44. The van der Waals surface area contributed by atoms with Gasteiger partial charge in [0, 0.05) is 25.9 Å². The quantitative estimate of drug-likeness (QED) is 0.807. The van der Waals surface area contributed by atoms with Crippen LogP contribution in [0.5, 0.6) is 11.5 Å². The molecule has 24 heavy (non-hydrogen) atoms. The lowest BCUT2D eigenvalue weighted by Crippen LogP contribution is -2.25. The molecule has 128 valence electrons. The van der Waals surface area contributed by atoms with Crippen molar-refractivity contribution in [2.24, 2.45) is 0 Å². The van der Waals surface area contributed by atoms with Gasteiger partial charge < -0.3 is 19.5 Å². The standard InChI is InChI=1S/C19H24N2O3/c1-22-19-11-15(12-20-13-17-6-4-10-23-17)7-8-18(19)24-14-16-5-2-3-9-21-16/h2-3,5,7-9,11,17,20H,4,6,10,12-14H2,1H3/t17-/m1/s1. The summed E-state index contributed by atoms with van der Waals surface area (Å²) in [6, 6.07) is 11.8. The summed E-state index contributed by atoms with van der Waals surface area (Å²) in [4.78, 5) is 4.26. The van der Waals surface area contributed by atoms with Gasteiger partial charge in [-0.15, -0.1) is 0 Å². The maximum Gasteiger partial charge on any atom is 0.161 e. The number of hydrogen-bond donors (Lipinski definition) is 1. The Morgan fingerprint density at radius 2 is 2.21 bits per heavy atom. The number of hydrogen-bond acceptors (Lipinski definition) is 5. The molecule has 3 rings (SSSR count). The lowest BCUT2D eigenvalue weighted by atomic mass is 10.2. The van der Waals surface area contributed by atoms with E-state index in [0.29, 0.717) is 12.7 Å². The summed E-state index contributed by atoms with van der Waals surface area (Å²) in [5.41, 5.74) is 2.05. The number of nitrogens with zero attached hydrogens (tertiary/aromatic N) is 1. The minimum Gasteiger partial charge on any atom is -0.493 e. The molecule has 1 saturated heterocycles. The highest BCUT2D eigenvalue weighted by molar-refractivity contribution is 5.43. The van der Waals surface area contributed by atoms with Gasteiger partial charge in [-0.2, -0.15) is 0 Å². The summed E-state index contributed by atoms with van der Waals surface area (Å²) < 4.78 is 16.9. The van der Waals surface area contributed by atoms with Gasteiger partial charge in [-0.25, -0.2) is 0 Å². The molecule has 0 saturated carbocycles. The maximum absolute atomic E-state index is 5.83. The average Bonchev–Trinajstić information content (AvgIpc) is 3.15. The van der Waals surface area contributed by atoms with Crippen molar-refractivity contribution in [1.82, 2.24) is 10.3 Å². The van der Waals surface area contributed by atoms with E-state index in [1.807, 2.05) is 30.3 Å². The van der Waals surface area contributed by atoms with Crippen LogP contribution < -0.4 is 14.8 Å². The number of aromatic nitrogens is 1. The zero-order valence-corrected chi connectivity index (χ0v) is 14.0. The normalized spacial score (nSPS) is 17.0. The average molecular weight is 328 g/mol. The number of pyridine rings is 1. The Kier molecular flexibility index (Phi) is 6.04. The number of methoxy groups -OCH3 is 1. The molecular weight excluding hydrogens is 304 g/mol. The van der Waals surface area contributed by atoms with E-state index in [1.165, 1.54) is 6.42 Å². The van der Waals surface area contributed by atoms with Gasteiger partial charge in [0.2, 0.25) is 0 Å². The van der Waals surface area contributed by atoms with E-state index in [9.17, 15) is 0 Å². The zero-order chi connectivity index (χ0) is 16.6. The van der Waals surface area contributed by atoms with Gasteiger partial charge in [-0.05, 0) is 42.7 Å². The van der Waals surface area contributed by atoms with E-state index in [0.717, 1.165) is 48.9 Å². The third-order valence-corrected chi connectivity index (χ3v) is 4.05.